The molecule has 0 bridgehead atoms. The van der Waals surface area contributed by atoms with Crippen LogP contribution < -0.4 is 4.74 Å². The summed E-state index contributed by atoms with van der Waals surface area (Å²) in [6.45, 7) is 3.90. The molecule has 0 aliphatic heterocycles. The molecule has 1 atom stereocenters. The van der Waals surface area contributed by atoms with Crippen molar-refractivity contribution >= 4 is 11.9 Å². The van der Waals surface area contributed by atoms with E-state index in [-0.39, 0.29) is 12.0 Å². The number of unbranched alkanes of at least 4 members (excludes halogenated alkanes) is 3. The van der Waals surface area contributed by atoms with Crippen molar-refractivity contribution in [3.63, 3.8) is 0 Å². The molecule has 36 heavy (non-hydrogen) atoms. The van der Waals surface area contributed by atoms with E-state index in [1.54, 1.807) is 48.5 Å². The highest BCUT2D eigenvalue weighted by atomic mass is 19.4. The van der Waals surface area contributed by atoms with Gasteiger partial charge in [-0.2, -0.15) is 13.2 Å². The van der Waals surface area contributed by atoms with Crippen LogP contribution in [-0.2, 0) is 4.74 Å². The number of rotatable bonds is 10. The Morgan fingerprint density at radius 2 is 1.28 bits per heavy atom. The van der Waals surface area contributed by atoms with Crippen LogP contribution in [0.5, 0.6) is 5.75 Å². The molecule has 0 aliphatic rings. The van der Waals surface area contributed by atoms with Gasteiger partial charge >= 0.3 is 18.1 Å². The molecule has 0 N–H and O–H groups in total. The Hall–Kier alpha value is -3.61. The Morgan fingerprint density at radius 3 is 1.83 bits per heavy atom. The zero-order chi connectivity index (χ0) is 26.1. The van der Waals surface area contributed by atoms with Crippen LogP contribution in [0.2, 0.25) is 0 Å². The van der Waals surface area contributed by atoms with E-state index in [4.69, 9.17) is 9.47 Å². The predicted molar refractivity (Wildman–Crippen MR) is 132 cm³/mol. The lowest BCUT2D eigenvalue weighted by Gasteiger charge is -2.20. The highest BCUT2D eigenvalue weighted by Gasteiger charge is 2.42. The number of ether oxygens (including phenoxy) is 2. The van der Waals surface area contributed by atoms with Crippen molar-refractivity contribution in [1.82, 2.24) is 0 Å². The summed E-state index contributed by atoms with van der Waals surface area (Å²) in [6.07, 6.45) is -4.20. The first-order chi connectivity index (χ1) is 17.2. The number of carbonyl (C=O) groups excluding carboxylic acids is 2. The predicted octanol–water partition coefficient (Wildman–Crippen LogP) is 7.94. The van der Waals surface area contributed by atoms with E-state index in [1.807, 2.05) is 26.0 Å². The second-order valence-electron chi connectivity index (χ2n) is 8.64. The quantitative estimate of drug-likeness (QED) is 0.162. The van der Waals surface area contributed by atoms with Crippen LogP contribution in [-0.4, -0.2) is 24.2 Å². The Kier molecular flexibility index (Phi) is 9.28. The van der Waals surface area contributed by atoms with Gasteiger partial charge in [0.25, 0.3) is 0 Å². The summed E-state index contributed by atoms with van der Waals surface area (Å²) in [6, 6.07) is 20.0. The van der Waals surface area contributed by atoms with E-state index in [9.17, 15) is 22.8 Å². The molecule has 0 radical (unpaired) electrons. The Morgan fingerprint density at radius 1 is 0.750 bits per heavy atom. The molecule has 7 heteroatoms. The van der Waals surface area contributed by atoms with E-state index >= 15 is 0 Å². The van der Waals surface area contributed by atoms with Crippen LogP contribution in [0.15, 0.2) is 72.8 Å². The maximum Gasteiger partial charge on any atom is 0.425 e. The highest BCUT2D eigenvalue weighted by molar-refractivity contribution is 5.91. The standard InChI is InChI=1S/C29H29F3O4/c1-3-4-5-6-7-26(29(30,31)32)36-28(34)24-14-12-21(13-15-24)22-16-18-25(19-17-22)35-27(33)23-10-8-20(2)9-11-23/h8-19,26H,3-7H2,1-2H3. The number of hydrogen-bond acceptors (Lipinski definition) is 4. The van der Waals surface area contributed by atoms with Gasteiger partial charge in [-0.1, -0.05) is 68.1 Å². The molecule has 3 rings (SSSR count). The zero-order valence-electron chi connectivity index (χ0n) is 20.3. The summed E-state index contributed by atoms with van der Waals surface area (Å²) in [7, 11) is 0. The number of aryl methyl sites for hydroxylation is 1. The van der Waals surface area contributed by atoms with Gasteiger partial charge in [-0.05, 0) is 67.3 Å². The third-order valence-corrected chi connectivity index (χ3v) is 5.74. The molecule has 1 unspecified atom stereocenters. The van der Waals surface area contributed by atoms with Crippen molar-refractivity contribution in [2.45, 2.75) is 58.2 Å². The number of halogens is 3. The lowest BCUT2D eigenvalue weighted by molar-refractivity contribution is -0.206. The van der Waals surface area contributed by atoms with Crippen LogP contribution in [0.4, 0.5) is 13.2 Å². The fraction of sp³-hybridized carbons (Fsp3) is 0.310. The number of alkyl halides is 3. The summed E-state index contributed by atoms with van der Waals surface area (Å²) in [5, 5.41) is 0. The number of benzene rings is 3. The third kappa shape index (κ3) is 7.70. The normalized spacial score (nSPS) is 12.1. The summed E-state index contributed by atoms with van der Waals surface area (Å²) < 4.78 is 50.1. The first-order valence-corrected chi connectivity index (χ1v) is 11.9. The van der Waals surface area contributed by atoms with Gasteiger partial charge in [-0.3, -0.25) is 0 Å². The zero-order valence-corrected chi connectivity index (χ0v) is 20.3. The molecule has 0 heterocycles. The monoisotopic (exact) mass is 498 g/mol. The maximum absolute atomic E-state index is 13.3. The summed E-state index contributed by atoms with van der Waals surface area (Å²) in [5.41, 5.74) is 3.06. The van der Waals surface area contributed by atoms with Gasteiger partial charge in [-0.15, -0.1) is 0 Å². The van der Waals surface area contributed by atoms with Crippen molar-refractivity contribution in [3.05, 3.63) is 89.5 Å². The number of carbonyl (C=O) groups is 2. The van der Waals surface area contributed by atoms with Gasteiger partial charge in [-0.25, -0.2) is 9.59 Å². The first kappa shape index (κ1) is 27.0. The van der Waals surface area contributed by atoms with E-state index in [0.717, 1.165) is 29.5 Å². The highest BCUT2D eigenvalue weighted by Crippen LogP contribution is 2.29. The summed E-state index contributed by atoms with van der Waals surface area (Å²) >= 11 is 0. The van der Waals surface area contributed by atoms with Crippen LogP contribution >= 0.6 is 0 Å². The van der Waals surface area contributed by atoms with Gasteiger partial charge in [0.15, 0.2) is 6.10 Å². The van der Waals surface area contributed by atoms with Gasteiger partial charge in [0.1, 0.15) is 5.75 Å². The van der Waals surface area contributed by atoms with Crippen LogP contribution in [0.1, 0.15) is 65.3 Å². The van der Waals surface area contributed by atoms with Gasteiger partial charge in [0, 0.05) is 0 Å². The topological polar surface area (TPSA) is 52.6 Å². The molecule has 4 nitrogen and oxygen atoms in total. The molecular weight excluding hydrogens is 469 g/mol. The van der Waals surface area contributed by atoms with Gasteiger partial charge in [0.05, 0.1) is 11.1 Å². The Bertz CT molecular complexity index is 1140. The Balaban J connectivity index is 1.61. The average Bonchev–Trinajstić information content (AvgIpc) is 2.86. The second-order valence-corrected chi connectivity index (χ2v) is 8.64. The molecule has 190 valence electrons. The van der Waals surface area contributed by atoms with Gasteiger partial charge in [0.2, 0.25) is 0 Å². The van der Waals surface area contributed by atoms with Crippen LogP contribution in [0.3, 0.4) is 0 Å². The van der Waals surface area contributed by atoms with Crippen molar-refractivity contribution in [3.8, 4) is 16.9 Å². The van der Waals surface area contributed by atoms with Gasteiger partial charge < -0.3 is 9.47 Å². The molecule has 0 fully saturated rings. The lowest BCUT2D eigenvalue weighted by Crippen LogP contribution is -2.33. The minimum absolute atomic E-state index is 0.0465. The van der Waals surface area contributed by atoms with Crippen LogP contribution in [0, 0.1) is 6.92 Å². The minimum atomic E-state index is -4.60. The average molecular weight is 499 g/mol. The molecule has 0 aliphatic carbocycles. The van der Waals surface area contributed by atoms with Crippen molar-refractivity contribution in [1.29, 1.82) is 0 Å². The molecule has 0 aromatic heterocycles. The van der Waals surface area contributed by atoms with Crippen molar-refractivity contribution in [2.75, 3.05) is 0 Å². The van der Waals surface area contributed by atoms with E-state index in [0.29, 0.717) is 24.2 Å². The van der Waals surface area contributed by atoms with E-state index in [1.165, 1.54) is 12.1 Å². The summed E-state index contributed by atoms with van der Waals surface area (Å²) in [4.78, 5) is 24.6. The van der Waals surface area contributed by atoms with Crippen molar-refractivity contribution in [2.24, 2.45) is 0 Å². The van der Waals surface area contributed by atoms with Crippen LogP contribution in [0.25, 0.3) is 11.1 Å². The first-order valence-electron chi connectivity index (χ1n) is 11.9. The molecule has 0 amide bonds. The smallest absolute Gasteiger partial charge is 0.425 e. The molecule has 3 aromatic carbocycles. The SMILES string of the molecule is CCCCCCC(OC(=O)c1ccc(-c2ccc(OC(=O)c3ccc(C)cc3)cc2)cc1)C(F)(F)F. The third-order valence-electron chi connectivity index (χ3n) is 5.74. The summed E-state index contributed by atoms with van der Waals surface area (Å²) in [5.74, 6) is -1.09. The molecule has 0 spiro atoms. The fourth-order valence-corrected chi connectivity index (χ4v) is 3.61. The maximum atomic E-state index is 13.3. The number of hydrogen-bond donors (Lipinski definition) is 0. The lowest BCUT2D eigenvalue weighted by atomic mass is 10.0. The Labute approximate surface area is 209 Å². The largest absolute Gasteiger partial charge is 0.449 e. The fourth-order valence-electron chi connectivity index (χ4n) is 3.61. The molecule has 0 saturated heterocycles. The molecule has 0 saturated carbocycles. The molecule has 3 aromatic rings. The molecular formula is C29H29F3O4. The van der Waals surface area contributed by atoms with E-state index in [2.05, 4.69) is 0 Å². The van der Waals surface area contributed by atoms with E-state index < -0.39 is 24.2 Å². The minimum Gasteiger partial charge on any atom is -0.449 e. The van der Waals surface area contributed by atoms with Crippen molar-refractivity contribution < 1.29 is 32.2 Å². The number of esters is 2. The second kappa shape index (κ2) is 12.4.